The van der Waals surface area contributed by atoms with E-state index in [0.717, 1.165) is 28.8 Å². The minimum absolute atomic E-state index is 0.162. The number of nitrogens with zero attached hydrogens (tertiary/aromatic N) is 1. The molecular weight excluding hydrogens is 382 g/mol. The van der Waals surface area contributed by atoms with E-state index in [9.17, 15) is 9.59 Å². The topological polar surface area (TPSA) is 88.2 Å². The first-order chi connectivity index (χ1) is 14.6. The molecule has 0 spiro atoms. The Balaban J connectivity index is 1.39. The number of fused-ring (bicyclic) bond motifs is 1. The molecule has 0 radical (unpaired) electrons. The second kappa shape index (κ2) is 8.59. The van der Waals surface area contributed by atoms with Crippen LogP contribution in [0, 0.1) is 0 Å². The van der Waals surface area contributed by atoms with Crippen molar-refractivity contribution in [2.24, 2.45) is 0 Å². The number of carbonyl (C=O) groups is 2. The molecule has 0 saturated carbocycles. The van der Waals surface area contributed by atoms with Crippen LogP contribution in [0.15, 0.2) is 48.7 Å². The molecule has 2 amide bonds. The van der Waals surface area contributed by atoms with Crippen molar-refractivity contribution in [3.05, 3.63) is 54.2 Å². The fourth-order valence-corrected chi connectivity index (χ4v) is 3.90. The van der Waals surface area contributed by atoms with E-state index in [1.165, 1.54) is 10.5 Å². The lowest BCUT2D eigenvalue weighted by Crippen LogP contribution is -2.92. The normalized spacial score (nSPS) is 16.5. The van der Waals surface area contributed by atoms with Crippen molar-refractivity contribution >= 4 is 28.4 Å². The summed E-state index contributed by atoms with van der Waals surface area (Å²) in [7, 11) is 1.65. The van der Waals surface area contributed by atoms with Gasteiger partial charge in [0, 0.05) is 23.5 Å². The fourth-order valence-electron chi connectivity index (χ4n) is 3.90. The molecule has 156 valence electrons. The van der Waals surface area contributed by atoms with Crippen LogP contribution in [0.5, 0.6) is 11.5 Å². The van der Waals surface area contributed by atoms with Crippen LogP contribution in [0.4, 0.5) is 5.69 Å². The van der Waals surface area contributed by atoms with Crippen molar-refractivity contribution in [3.8, 4) is 11.5 Å². The van der Waals surface area contributed by atoms with E-state index in [-0.39, 0.29) is 24.3 Å². The number of hydrogen-bond donors (Lipinski definition) is 2. The molecular formula is C23H26N3O4+. The van der Waals surface area contributed by atoms with Crippen LogP contribution in [0.25, 0.3) is 10.9 Å². The number of methoxy groups -OCH3 is 1. The number of aromatic amines is 1. The standard InChI is InChI=1S/C23H25N3O4/c1-3-30-17-6-4-16(5-7-17)26-22(27)13-21(23(26)28)24-11-10-15-14-25-20-9-8-18(29-2)12-19(15)20/h4-9,12,14,21,24-25H,3,10-11,13H2,1-2H3/p+1/t21-/m1/s1. The number of nitrogens with one attached hydrogen (secondary N) is 1. The zero-order chi connectivity index (χ0) is 21.1. The van der Waals surface area contributed by atoms with E-state index >= 15 is 0 Å². The summed E-state index contributed by atoms with van der Waals surface area (Å²) in [4.78, 5) is 29.9. The van der Waals surface area contributed by atoms with Gasteiger partial charge in [-0.3, -0.25) is 9.59 Å². The number of carbonyl (C=O) groups excluding carboxylic acids is 2. The van der Waals surface area contributed by atoms with Gasteiger partial charge in [-0.15, -0.1) is 0 Å². The van der Waals surface area contributed by atoms with Crippen LogP contribution in [0.3, 0.4) is 0 Å². The van der Waals surface area contributed by atoms with E-state index in [1.807, 2.05) is 36.6 Å². The minimum Gasteiger partial charge on any atom is -0.497 e. The van der Waals surface area contributed by atoms with Gasteiger partial charge in [0.1, 0.15) is 11.5 Å². The van der Waals surface area contributed by atoms with E-state index in [1.54, 1.807) is 31.4 Å². The number of quaternary nitrogens is 1. The Morgan fingerprint density at radius 1 is 1.13 bits per heavy atom. The molecule has 2 heterocycles. The molecule has 1 saturated heterocycles. The second-order valence-electron chi connectivity index (χ2n) is 7.30. The second-order valence-corrected chi connectivity index (χ2v) is 7.30. The molecule has 1 atom stereocenters. The zero-order valence-corrected chi connectivity index (χ0v) is 17.2. The van der Waals surface area contributed by atoms with Crippen LogP contribution in [-0.4, -0.2) is 43.1 Å². The van der Waals surface area contributed by atoms with Crippen LogP contribution in [0.2, 0.25) is 0 Å². The van der Waals surface area contributed by atoms with Gasteiger partial charge in [0.25, 0.3) is 5.91 Å². The average molecular weight is 408 g/mol. The first kappa shape index (κ1) is 20.0. The highest BCUT2D eigenvalue weighted by atomic mass is 16.5. The summed E-state index contributed by atoms with van der Waals surface area (Å²) < 4.78 is 10.7. The van der Waals surface area contributed by atoms with Gasteiger partial charge in [0.05, 0.1) is 32.4 Å². The summed E-state index contributed by atoms with van der Waals surface area (Å²) in [6.07, 6.45) is 2.99. The van der Waals surface area contributed by atoms with Crippen LogP contribution in [0.1, 0.15) is 18.9 Å². The largest absolute Gasteiger partial charge is 0.497 e. The van der Waals surface area contributed by atoms with Crippen LogP contribution >= 0.6 is 0 Å². The van der Waals surface area contributed by atoms with E-state index in [2.05, 4.69) is 4.98 Å². The third-order valence-electron chi connectivity index (χ3n) is 5.43. The molecule has 1 aliphatic heterocycles. The summed E-state index contributed by atoms with van der Waals surface area (Å²) in [6, 6.07) is 12.6. The van der Waals surface area contributed by atoms with Gasteiger partial charge in [0.15, 0.2) is 6.04 Å². The lowest BCUT2D eigenvalue weighted by molar-refractivity contribution is -0.674. The first-order valence-corrected chi connectivity index (χ1v) is 10.2. The van der Waals surface area contributed by atoms with Gasteiger partial charge >= 0.3 is 0 Å². The van der Waals surface area contributed by atoms with Gasteiger partial charge in [-0.25, -0.2) is 4.90 Å². The van der Waals surface area contributed by atoms with Gasteiger partial charge in [-0.1, -0.05) is 0 Å². The Hall–Kier alpha value is -3.32. The van der Waals surface area contributed by atoms with Gasteiger partial charge in [-0.2, -0.15) is 0 Å². The van der Waals surface area contributed by atoms with Crippen molar-refractivity contribution in [2.75, 3.05) is 25.2 Å². The Labute approximate surface area is 175 Å². The summed E-state index contributed by atoms with van der Waals surface area (Å²) in [5.41, 5.74) is 2.81. The van der Waals surface area contributed by atoms with Gasteiger partial charge < -0.3 is 19.8 Å². The summed E-state index contributed by atoms with van der Waals surface area (Å²) in [5.74, 6) is 1.21. The predicted molar refractivity (Wildman–Crippen MR) is 114 cm³/mol. The number of anilines is 1. The first-order valence-electron chi connectivity index (χ1n) is 10.2. The van der Waals surface area contributed by atoms with Gasteiger partial charge in [-0.05, 0) is 55.0 Å². The predicted octanol–water partition coefficient (Wildman–Crippen LogP) is 2.01. The van der Waals surface area contributed by atoms with Crippen molar-refractivity contribution in [1.82, 2.24) is 4.98 Å². The maximum absolute atomic E-state index is 12.8. The Bertz CT molecular complexity index is 1060. The van der Waals surface area contributed by atoms with Crippen molar-refractivity contribution in [3.63, 3.8) is 0 Å². The Kier molecular flexibility index (Phi) is 5.72. The summed E-state index contributed by atoms with van der Waals surface area (Å²) >= 11 is 0. The van der Waals surface area contributed by atoms with Gasteiger partial charge in [0.2, 0.25) is 5.91 Å². The maximum Gasteiger partial charge on any atom is 0.292 e. The molecule has 7 nitrogen and oxygen atoms in total. The van der Waals surface area contributed by atoms with E-state index in [4.69, 9.17) is 9.47 Å². The molecule has 3 aromatic rings. The average Bonchev–Trinajstić information content (AvgIpc) is 3.29. The third-order valence-corrected chi connectivity index (χ3v) is 5.43. The number of nitrogens with two attached hydrogens (primary N) is 1. The Morgan fingerprint density at radius 2 is 1.90 bits per heavy atom. The molecule has 1 fully saturated rings. The van der Waals surface area contributed by atoms with E-state index in [0.29, 0.717) is 18.8 Å². The van der Waals surface area contributed by atoms with Crippen molar-refractivity contribution in [2.45, 2.75) is 25.8 Å². The number of imide groups is 1. The van der Waals surface area contributed by atoms with Crippen LogP contribution in [-0.2, 0) is 16.0 Å². The minimum atomic E-state index is -0.385. The summed E-state index contributed by atoms with van der Waals surface area (Å²) in [6.45, 7) is 3.20. The number of rotatable bonds is 8. The monoisotopic (exact) mass is 408 g/mol. The van der Waals surface area contributed by atoms with E-state index < -0.39 is 0 Å². The molecule has 0 bridgehead atoms. The SMILES string of the molecule is CCOc1ccc(N2C(=O)C[C@@H]([NH2+]CCc3c[nH]c4ccc(OC)cc34)C2=O)cc1. The number of H-pyrrole nitrogens is 1. The third kappa shape index (κ3) is 3.89. The molecule has 30 heavy (non-hydrogen) atoms. The zero-order valence-electron chi connectivity index (χ0n) is 17.2. The highest BCUT2D eigenvalue weighted by Gasteiger charge is 2.42. The number of hydrogen-bond acceptors (Lipinski definition) is 4. The summed E-state index contributed by atoms with van der Waals surface area (Å²) in [5, 5.41) is 3.08. The molecule has 4 rings (SSSR count). The smallest absolute Gasteiger partial charge is 0.292 e. The maximum atomic E-state index is 12.8. The highest BCUT2D eigenvalue weighted by molar-refractivity contribution is 6.21. The number of aromatic nitrogens is 1. The molecule has 1 aromatic heterocycles. The molecule has 1 aliphatic rings. The number of benzene rings is 2. The van der Waals surface area contributed by atoms with Crippen molar-refractivity contribution in [1.29, 1.82) is 0 Å². The molecule has 2 aromatic carbocycles. The Morgan fingerprint density at radius 3 is 2.63 bits per heavy atom. The highest BCUT2D eigenvalue weighted by Crippen LogP contribution is 2.25. The molecule has 3 N–H and O–H groups in total. The molecule has 7 heteroatoms. The quantitative estimate of drug-likeness (QED) is 0.558. The van der Waals surface area contributed by atoms with Crippen molar-refractivity contribution < 1.29 is 24.4 Å². The number of amides is 2. The number of ether oxygens (including phenoxy) is 2. The fraction of sp³-hybridized carbons (Fsp3) is 0.304. The lowest BCUT2D eigenvalue weighted by atomic mass is 10.1. The molecule has 0 unspecified atom stereocenters. The lowest BCUT2D eigenvalue weighted by Gasteiger charge is -2.15. The molecule has 0 aliphatic carbocycles. The van der Waals surface area contributed by atoms with Crippen LogP contribution < -0.4 is 19.7 Å².